The van der Waals surface area contributed by atoms with Crippen LogP contribution in [0.25, 0.3) is 0 Å². The van der Waals surface area contributed by atoms with Crippen LogP contribution in [0.5, 0.6) is 0 Å². The molecule has 9 N–H and O–H groups in total. The van der Waals surface area contributed by atoms with Gasteiger partial charge >= 0.3 is 11.9 Å². The van der Waals surface area contributed by atoms with Gasteiger partial charge in [0.25, 0.3) is 0 Å². The number of hydrogen-bond donors (Lipinski definition) is 9. The first-order valence-electron chi connectivity index (χ1n) is 23.6. The van der Waals surface area contributed by atoms with Crippen molar-refractivity contribution in [2.75, 3.05) is 6.61 Å². The molecule has 3 saturated heterocycles. The summed E-state index contributed by atoms with van der Waals surface area (Å²) < 4.78 is 35.9. The molecule has 64 heavy (non-hydrogen) atoms. The van der Waals surface area contributed by atoms with Crippen molar-refractivity contribution in [1.82, 2.24) is 0 Å². The number of aliphatic hydroxyl groups excluding tert-OH is 7. The first kappa shape index (κ1) is 48.6. The molecule has 4 saturated carbocycles. The number of rotatable bonds is 8. The molecule has 5 aliphatic carbocycles. The summed E-state index contributed by atoms with van der Waals surface area (Å²) >= 11 is 0. The summed E-state index contributed by atoms with van der Waals surface area (Å²) in [7, 11) is 0. The van der Waals surface area contributed by atoms with E-state index in [2.05, 4.69) is 54.5 Å². The van der Waals surface area contributed by atoms with Gasteiger partial charge in [0.1, 0.15) is 54.9 Å². The Bertz CT molecular complexity index is 1810. The Morgan fingerprint density at radius 1 is 0.672 bits per heavy atom. The fourth-order valence-corrected chi connectivity index (χ4v) is 14.8. The fourth-order valence-electron chi connectivity index (χ4n) is 14.8. The molecule has 0 aromatic carbocycles. The highest BCUT2D eigenvalue weighted by molar-refractivity contribution is 5.76. The third kappa shape index (κ3) is 7.45. The van der Waals surface area contributed by atoms with Gasteiger partial charge in [0.2, 0.25) is 0 Å². The van der Waals surface area contributed by atoms with Crippen molar-refractivity contribution in [3.63, 3.8) is 0 Å². The predicted molar refractivity (Wildman–Crippen MR) is 224 cm³/mol. The number of carboxylic acids is 2. The number of allylic oxidation sites excluding steroid dienone is 2. The average Bonchev–Trinajstić information content (AvgIpc) is 3.21. The second kappa shape index (κ2) is 16.7. The second-order valence-corrected chi connectivity index (χ2v) is 23.0. The summed E-state index contributed by atoms with van der Waals surface area (Å²) in [6.07, 6.45) is -12.8. The van der Waals surface area contributed by atoms with Gasteiger partial charge in [-0.25, -0.2) is 4.79 Å². The summed E-state index contributed by atoms with van der Waals surface area (Å²) in [6.45, 7) is 17.5. The Hall–Kier alpha value is -1.84. The first-order valence-corrected chi connectivity index (χ1v) is 23.6. The molecule has 3 heterocycles. The van der Waals surface area contributed by atoms with E-state index in [4.69, 9.17) is 28.4 Å². The Kier molecular flexibility index (Phi) is 12.7. The molecule has 17 nitrogen and oxygen atoms in total. The van der Waals surface area contributed by atoms with Crippen LogP contribution in [0.4, 0.5) is 0 Å². The molecule has 0 aromatic rings. The maximum absolute atomic E-state index is 13.1. The second-order valence-electron chi connectivity index (χ2n) is 23.0. The molecule has 0 unspecified atom stereocenters. The monoisotopic (exact) mass is 910 g/mol. The van der Waals surface area contributed by atoms with Crippen LogP contribution in [0.1, 0.15) is 120 Å². The third-order valence-electron chi connectivity index (χ3n) is 18.9. The van der Waals surface area contributed by atoms with E-state index < -0.39 is 109 Å². The van der Waals surface area contributed by atoms with Crippen molar-refractivity contribution in [1.29, 1.82) is 0 Å². The van der Waals surface area contributed by atoms with Crippen molar-refractivity contribution in [2.45, 2.75) is 212 Å². The normalized spacial score (nSPS) is 53.4. The quantitative estimate of drug-likeness (QED) is 0.125. The van der Waals surface area contributed by atoms with Crippen LogP contribution in [0, 0.1) is 50.2 Å². The number of fused-ring (bicyclic) bond motifs is 7. The maximum atomic E-state index is 13.1. The van der Waals surface area contributed by atoms with Crippen LogP contribution < -0.4 is 0 Å². The number of aliphatic carboxylic acids is 2. The fraction of sp³-hybridized carbons (Fsp3) is 0.915. The van der Waals surface area contributed by atoms with E-state index in [1.54, 1.807) is 0 Å². The predicted octanol–water partition coefficient (Wildman–Crippen LogP) is 2.47. The lowest BCUT2D eigenvalue weighted by molar-refractivity contribution is -0.381. The van der Waals surface area contributed by atoms with Crippen molar-refractivity contribution in [2.24, 2.45) is 50.2 Å². The molecular weight excluding hydrogens is 837 g/mol. The van der Waals surface area contributed by atoms with E-state index in [0.717, 1.165) is 51.4 Å². The zero-order chi connectivity index (χ0) is 46.9. The van der Waals surface area contributed by atoms with Crippen LogP contribution in [0.3, 0.4) is 0 Å². The molecule has 3 aliphatic heterocycles. The van der Waals surface area contributed by atoms with Gasteiger partial charge in [-0.3, -0.25) is 4.79 Å². The average molecular weight is 911 g/mol. The van der Waals surface area contributed by atoms with Gasteiger partial charge in [0.05, 0.1) is 24.2 Å². The van der Waals surface area contributed by atoms with E-state index in [1.165, 1.54) is 12.5 Å². The Morgan fingerprint density at radius 2 is 1.33 bits per heavy atom. The molecule has 7 fully saturated rings. The Morgan fingerprint density at radius 3 is 2.00 bits per heavy atom. The zero-order valence-electron chi connectivity index (χ0n) is 38.5. The smallest absolute Gasteiger partial charge is 0.335 e. The summed E-state index contributed by atoms with van der Waals surface area (Å²) in [5.41, 5.74) is 0.0959. The molecule has 0 radical (unpaired) electrons. The summed E-state index contributed by atoms with van der Waals surface area (Å²) in [6, 6.07) is 0. The molecule has 0 spiro atoms. The molecule has 22 atom stereocenters. The number of carboxylic acid groups (broad SMARTS) is 2. The minimum atomic E-state index is -1.99. The van der Waals surface area contributed by atoms with Gasteiger partial charge in [-0.2, -0.15) is 0 Å². The number of aliphatic hydroxyl groups is 7. The Balaban J connectivity index is 0.999. The molecule has 364 valence electrons. The van der Waals surface area contributed by atoms with E-state index in [-0.39, 0.29) is 46.2 Å². The molecule has 0 bridgehead atoms. The minimum Gasteiger partial charge on any atom is -0.481 e. The van der Waals surface area contributed by atoms with Crippen LogP contribution in [-0.2, 0) is 38.0 Å². The first-order chi connectivity index (χ1) is 29.7. The molecule has 17 heteroatoms. The molecule has 0 amide bonds. The topological polar surface area (TPSA) is 272 Å². The Labute approximate surface area is 375 Å². The third-order valence-corrected chi connectivity index (χ3v) is 18.9. The summed E-state index contributed by atoms with van der Waals surface area (Å²) in [5, 5.41) is 96.1. The SMILES string of the molecule is C[C@@H]1O[C@@H](O[C@H]2[C@H](O[C@H]3CC[C@]4(C)[C@H]5CC=C6[C@@H]7CC(C)(C)CC[C@]7(C(=O)O)CC[C@@]6(C)[C@]5(C)CC[C@H]4C3(C)C)OC[C@H](O)[C@@H]2O)[C@H](O)[C@H](O[C@@H]2O[C@H](C(=O)O)[C@@H](O)[C@H](O)[C@H]2O)[C@H]1O. The van der Waals surface area contributed by atoms with Crippen molar-refractivity contribution in [3.05, 3.63) is 11.6 Å². The highest BCUT2D eigenvalue weighted by Crippen LogP contribution is 2.76. The maximum Gasteiger partial charge on any atom is 0.335 e. The number of hydrogen-bond acceptors (Lipinski definition) is 15. The van der Waals surface area contributed by atoms with E-state index in [1.807, 2.05) is 0 Å². The highest BCUT2D eigenvalue weighted by atomic mass is 16.8. The van der Waals surface area contributed by atoms with E-state index in [9.17, 15) is 55.5 Å². The molecule has 8 aliphatic rings. The lowest BCUT2D eigenvalue weighted by Crippen LogP contribution is -2.66. The van der Waals surface area contributed by atoms with E-state index >= 15 is 0 Å². The van der Waals surface area contributed by atoms with E-state index in [0.29, 0.717) is 18.8 Å². The largest absolute Gasteiger partial charge is 0.481 e. The molecular formula is C47H74O17. The highest BCUT2D eigenvalue weighted by Gasteiger charge is 2.70. The summed E-state index contributed by atoms with van der Waals surface area (Å²) in [5.74, 6) is -1.68. The minimum absolute atomic E-state index is 0.0251. The summed E-state index contributed by atoms with van der Waals surface area (Å²) in [4.78, 5) is 24.8. The van der Waals surface area contributed by atoms with Crippen molar-refractivity contribution in [3.8, 4) is 0 Å². The van der Waals surface area contributed by atoms with Gasteiger partial charge in [-0.1, -0.05) is 60.1 Å². The van der Waals surface area contributed by atoms with Crippen molar-refractivity contribution >= 4 is 11.9 Å². The lowest BCUT2D eigenvalue weighted by atomic mass is 9.33. The van der Waals surface area contributed by atoms with Crippen LogP contribution >= 0.6 is 0 Å². The molecule has 0 aromatic heterocycles. The lowest BCUT2D eigenvalue weighted by Gasteiger charge is -2.71. The van der Waals surface area contributed by atoms with Gasteiger partial charge in [0, 0.05) is 0 Å². The molecule has 8 rings (SSSR count). The van der Waals surface area contributed by atoms with Gasteiger partial charge in [-0.15, -0.1) is 0 Å². The zero-order valence-corrected chi connectivity index (χ0v) is 38.5. The van der Waals surface area contributed by atoms with Crippen molar-refractivity contribution < 1.29 is 84.0 Å². The van der Waals surface area contributed by atoms with Gasteiger partial charge in [0.15, 0.2) is 25.0 Å². The van der Waals surface area contributed by atoms with Crippen LogP contribution in [0.15, 0.2) is 11.6 Å². The van der Waals surface area contributed by atoms with Gasteiger partial charge < -0.3 is 74.4 Å². The number of carbonyl (C=O) groups is 2. The standard InChI is InChI=1S/C47H74O17/c1-21-28(49)34(62-38-32(53)30(51)31(52)35(63-38)37(55)56)33(54)39(60-21)64-36-29(50)24(48)20-59-40(36)61-27-12-13-44(6)25(43(27,4)5)11-14-46(8)26(44)10-9-22-23-19-42(2,3)15-17-47(23,41(57)58)18-16-45(22,46)7/h9,21,23-36,38-40,48-54H,10-20H2,1-8H3,(H,55,56)(H,57,58)/t21-,23-,24-,25-,26+,27-,28-,29-,30-,31-,32+,33+,34+,35-,36+,38+,39-,40-,44-,45+,46+,47-/m0/s1. The van der Waals surface area contributed by atoms with Crippen LogP contribution in [-0.4, -0.2) is 157 Å². The van der Waals surface area contributed by atoms with Crippen LogP contribution in [0.2, 0.25) is 0 Å². The number of ether oxygens (including phenoxy) is 6. The van der Waals surface area contributed by atoms with Gasteiger partial charge in [-0.05, 0) is 116 Å².